The zero-order valence-electron chi connectivity index (χ0n) is 14.2. The number of pyridine rings is 1. The Morgan fingerprint density at radius 3 is 2.16 bits per heavy atom. The molecule has 0 spiro atoms. The lowest BCUT2D eigenvalue weighted by Gasteiger charge is -2.13. The molecule has 0 bridgehead atoms. The molecule has 3 rings (SSSR count). The predicted octanol–water partition coefficient (Wildman–Crippen LogP) is 4.14. The second kappa shape index (κ2) is 7.49. The first-order valence-electron chi connectivity index (χ1n) is 7.99. The van der Waals surface area contributed by atoms with Crippen LogP contribution in [0.5, 0.6) is 0 Å². The van der Waals surface area contributed by atoms with Gasteiger partial charge in [-0.2, -0.15) is 0 Å². The standard InChI is InChI=1S/C20H20N4O/c1-24(2)18-11-8-16(9-12-18)22-17-10-13-19(21-14-17)23-20(25)15-6-4-3-5-7-15/h3-14,22H,1-2H3,(H,21,23,25). The van der Waals surface area contributed by atoms with Crippen LogP contribution in [-0.4, -0.2) is 25.0 Å². The summed E-state index contributed by atoms with van der Waals surface area (Å²) in [5.41, 5.74) is 3.58. The van der Waals surface area contributed by atoms with Gasteiger partial charge in [0, 0.05) is 31.0 Å². The third-order valence-corrected chi connectivity index (χ3v) is 3.71. The molecular formula is C20H20N4O. The fourth-order valence-corrected chi connectivity index (χ4v) is 2.33. The van der Waals surface area contributed by atoms with Crippen molar-refractivity contribution in [2.75, 3.05) is 29.6 Å². The monoisotopic (exact) mass is 332 g/mol. The molecule has 0 unspecified atom stereocenters. The Labute approximate surface area is 147 Å². The van der Waals surface area contributed by atoms with E-state index in [0.29, 0.717) is 11.4 Å². The second-order valence-electron chi connectivity index (χ2n) is 5.82. The fourth-order valence-electron chi connectivity index (χ4n) is 2.33. The summed E-state index contributed by atoms with van der Waals surface area (Å²) in [5.74, 6) is 0.343. The van der Waals surface area contributed by atoms with Gasteiger partial charge in [-0.15, -0.1) is 0 Å². The molecule has 25 heavy (non-hydrogen) atoms. The SMILES string of the molecule is CN(C)c1ccc(Nc2ccc(NC(=O)c3ccccc3)nc2)cc1. The number of aromatic nitrogens is 1. The number of carbonyl (C=O) groups is 1. The van der Waals surface area contributed by atoms with Crippen LogP contribution in [0.1, 0.15) is 10.4 Å². The zero-order chi connectivity index (χ0) is 17.6. The first-order valence-corrected chi connectivity index (χ1v) is 7.99. The van der Waals surface area contributed by atoms with E-state index in [2.05, 4.69) is 20.5 Å². The third kappa shape index (κ3) is 4.35. The van der Waals surface area contributed by atoms with Gasteiger partial charge in [-0.1, -0.05) is 18.2 Å². The number of amides is 1. The van der Waals surface area contributed by atoms with Crippen LogP contribution in [0.2, 0.25) is 0 Å². The summed E-state index contributed by atoms with van der Waals surface area (Å²) < 4.78 is 0. The van der Waals surface area contributed by atoms with Gasteiger partial charge in [0.2, 0.25) is 0 Å². The van der Waals surface area contributed by atoms with Crippen LogP contribution in [0, 0.1) is 0 Å². The maximum atomic E-state index is 12.1. The van der Waals surface area contributed by atoms with Gasteiger partial charge >= 0.3 is 0 Å². The molecule has 5 heteroatoms. The Morgan fingerprint density at radius 1 is 0.880 bits per heavy atom. The summed E-state index contributed by atoms with van der Waals surface area (Å²) in [6.45, 7) is 0. The number of carbonyl (C=O) groups excluding carboxylic acids is 1. The van der Waals surface area contributed by atoms with Gasteiger partial charge in [0.25, 0.3) is 5.91 Å². The number of hydrogen-bond donors (Lipinski definition) is 2. The van der Waals surface area contributed by atoms with Crippen LogP contribution in [0.4, 0.5) is 22.9 Å². The van der Waals surface area contributed by atoms with E-state index in [1.165, 1.54) is 0 Å². The van der Waals surface area contributed by atoms with Crippen LogP contribution in [0.15, 0.2) is 72.9 Å². The summed E-state index contributed by atoms with van der Waals surface area (Å²) >= 11 is 0. The summed E-state index contributed by atoms with van der Waals surface area (Å²) in [7, 11) is 4.02. The summed E-state index contributed by atoms with van der Waals surface area (Å²) in [5, 5.41) is 6.07. The van der Waals surface area contributed by atoms with E-state index in [1.54, 1.807) is 24.4 Å². The van der Waals surface area contributed by atoms with Crippen LogP contribution in [0.25, 0.3) is 0 Å². The van der Waals surface area contributed by atoms with E-state index in [4.69, 9.17) is 0 Å². The van der Waals surface area contributed by atoms with Crippen molar-refractivity contribution >= 4 is 28.8 Å². The average molecular weight is 332 g/mol. The highest BCUT2D eigenvalue weighted by molar-refractivity contribution is 6.03. The molecule has 0 saturated carbocycles. The lowest BCUT2D eigenvalue weighted by atomic mass is 10.2. The molecule has 2 aromatic carbocycles. The predicted molar refractivity (Wildman–Crippen MR) is 103 cm³/mol. The van der Waals surface area contributed by atoms with E-state index >= 15 is 0 Å². The normalized spacial score (nSPS) is 10.2. The first-order chi connectivity index (χ1) is 12.1. The Kier molecular flexibility index (Phi) is 4.95. The van der Waals surface area contributed by atoms with Crippen LogP contribution < -0.4 is 15.5 Å². The highest BCUT2D eigenvalue weighted by atomic mass is 16.1. The Bertz CT molecular complexity index is 828. The maximum Gasteiger partial charge on any atom is 0.256 e. The van der Waals surface area contributed by atoms with E-state index in [0.717, 1.165) is 17.1 Å². The van der Waals surface area contributed by atoms with Crippen molar-refractivity contribution in [3.63, 3.8) is 0 Å². The van der Waals surface area contributed by atoms with Crippen LogP contribution in [-0.2, 0) is 0 Å². The van der Waals surface area contributed by atoms with Crippen molar-refractivity contribution < 1.29 is 4.79 Å². The van der Waals surface area contributed by atoms with E-state index in [9.17, 15) is 4.79 Å². The molecule has 1 amide bonds. The Morgan fingerprint density at radius 2 is 1.56 bits per heavy atom. The molecule has 0 aliphatic rings. The van der Waals surface area contributed by atoms with Crippen molar-refractivity contribution in [3.05, 3.63) is 78.5 Å². The molecule has 3 aromatic rings. The molecule has 0 aliphatic carbocycles. The molecule has 0 fully saturated rings. The topological polar surface area (TPSA) is 57.3 Å². The number of nitrogens with zero attached hydrogens (tertiary/aromatic N) is 2. The van der Waals surface area contributed by atoms with Gasteiger partial charge < -0.3 is 15.5 Å². The van der Waals surface area contributed by atoms with Crippen LogP contribution in [0.3, 0.4) is 0 Å². The van der Waals surface area contributed by atoms with Gasteiger partial charge in [0.1, 0.15) is 5.82 Å². The molecule has 2 N–H and O–H groups in total. The van der Waals surface area contributed by atoms with Gasteiger partial charge in [-0.25, -0.2) is 4.98 Å². The minimum Gasteiger partial charge on any atom is -0.378 e. The fraction of sp³-hybridized carbons (Fsp3) is 0.100. The molecular weight excluding hydrogens is 312 g/mol. The number of rotatable bonds is 5. The lowest BCUT2D eigenvalue weighted by Crippen LogP contribution is -2.12. The highest BCUT2D eigenvalue weighted by Gasteiger charge is 2.06. The number of benzene rings is 2. The van der Waals surface area contributed by atoms with E-state index in [-0.39, 0.29) is 5.91 Å². The average Bonchev–Trinajstić information content (AvgIpc) is 2.64. The maximum absolute atomic E-state index is 12.1. The summed E-state index contributed by atoms with van der Waals surface area (Å²) in [6.07, 6.45) is 1.69. The molecule has 0 saturated heterocycles. The van der Waals surface area contributed by atoms with Gasteiger partial charge in [-0.05, 0) is 48.5 Å². The first kappa shape index (κ1) is 16.5. The molecule has 0 radical (unpaired) electrons. The number of nitrogens with one attached hydrogen (secondary N) is 2. The molecule has 1 heterocycles. The van der Waals surface area contributed by atoms with E-state index < -0.39 is 0 Å². The highest BCUT2D eigenvalue weighted by Crippen LogP contribution is 2.20. The summed E-state index contributed by atoms with van der Waals surface area (Å²) in [4.78, 5) is 18.4. The Hall–Kier alpha value is -3.34. The van der Waals surface area contributed by atoms with Crippen molar-refractivity contribution in [2.24, 2.45) is 0 Å². The van der Waals surface area contributed by atoms with Crippen molar-refractivity contribution in [2.45, 2.75) is 0 Å². The molecule has 5 nitrogen and oxygen atoms in total. The molecule has 126 valence electrons. The quantitative estimate of drug-likeness (QED) is 0.737. The molecule has 0 aliphatic heterocycles. The van der Waals surface area contributed by atoms with Crippen molar-refractivity contribution in [1.82, 2.24) is 4.98 Å². The molecule has 0 atom stereocenters. The zero-order valence-corrected chi connectivity index (χ0v) is 14.2. The minimum atomic E-state index is -0.173. The Balaban J connectivity index is 1.63. The number of anilines is 4. The molecule has 1 aromatic heterocycles. The van der Waals surface area contributed by atoms with Gasteiger partial charge in [0.05, 0.1) is 11.9 Å². The minimum absolute atomic E-state index is 0.173. The third-order valence-electron chi connectivity index (χ3n) is 3.71. The van der Waals surface area contributed by atoms with Gasteiger partial charge in [0.15, 0.2) is 0 Å². The van der Waals surface area contributed by atoms with Crippen LogP contribution >= 0.6 is 0 Å². The van der Waals surface area contributed by atoms with E-state index in [1.807, 2.05) is 62.6 Å². The second-order valence-corrected chi connectivity index (χ2v) is 5.82. The lowest BCUT2D eigenvalue weighted by molar-refractivity contribution is 0.102. The van der Waals surface area contributed by atoms with Crippen molar-refractivity contribution in [1.29, 1.82) is 0 Å². The largest absolute Gasteiger partial charge is 0.378 e. The number of hydrogen-bond acceptors (Lipinski definition) is 4. The smallest absolute Gasteiger partial charge is 0.256 e. The summed E-state index contributed by atoms with van der Waals surface area (Å²) in [6, 6.07) is 20.8. The van der Waals surface area contributed by atoms with Gasteiger partial charge in [-0.3, -0.25) is 4.79 Å². The van der Waals surface area contributed by atoms with Crippen molar-refractivity contribution in [3.8, 4) is 0 Å².